The van der Waals surface area contributed by atoms with Crippen molar-refractivity contribution in [3.05, 3.63) is 119 Å². The fourth-order valence-corrected chi connectivity index (χ4v) is 5.22. The average molecular weight is 503 g/mol. The third-order valence-electron chi connectivity index (χ3n) is 6.78. The molecule has 0 unspecified atom stereocenters. The molecule has 0 saturated heterocycles. The lowest BCUT2D eigenvalue weighted by Crippen LogP contribution is -2.14. The molecule has 0 spiro atoms. The highest BCUT2D eigenvalue weighted by atomic mass is 79.9. The first-order valence-corrected chi connectivity index (χ1v) is 12.3. The Morgan fingerprint density at radius 1 is 0.559 bits per heavy atom. The van der Waals surface area contributed by atoms with Crippen LogP contribution in [0.15, 0.2) is 108 Å². The van der Waals surface area contributed by atoms with Gasteiger partial charge < -0.3 is 0 Å². The van der Waals surface area contributed by atoms with Gasteiger partial charge in [0.1, 0.15) is 0 Å². The molecule has 3 heteroatoms. The first kappa shape index (κ1) is 21.0. The molecule has 0 radical (unpaired) electrons. The number of hydrogen-bond acceptors (Lipinski definition) is 2. The number of halogens is 1. The van der Waals surface area contributed by atoms with Gasteiger partial charge in [0.05, 0.1) is 11.4 Å². The molecule has 0 amide bonds. The van der Waals surface area contributed by atoms with Gasteiger partial charge in [-0.1, -0.05) is 109 Å². The topological polar surface area (TPSA) is 25.8 Å². The maximum Gasteiger partial charge on any atom is 0.160 e. The molecule has 0 aliphatic heterocycles. The van der Waals surface area contributed by atoms with Crippen molar-refractivity contribution in [1.82, 2.24) is 9.97 Å². The van der Waals surface area contributed by atoms with Crippen molar-refractivity contribution in [3.63, 3.8) is 0 Å². The molecule has 1 aliphatic carbocycles. The average Bonchev–Trinajstić information content (AvgIpc) is 3.11. The highest BCUT2D eigenvalue weighted by Gasteiger charge is 2.35. The van der Waals surface area contributed by atoms with Gasteiger partial charge in [0.2, 0.25) is 0 Å². The quantitative estimate of drug-likeness (QED) is 0.247. The summed E-state index contributed by atoms with van der Waals surface area (Å²) in [4.78, 5) is 9.95. The van der Waals surface area contributed by atoms with Gasteiger partial charge in [-0.15, -0.1) is 0 Å². The van der Waals surface area contributed by atoms with Crippen LogP contribution in [0, 0.1) is 0 Å². The molecule has 1 heterocycles. The minimum atomic E-state index is -0.00604. The molecule has 0 fully saturated rings. The normalized spacial score (nSPS) is 13.4. The van der Waals surface area contributed by atoms with Crippen LogP contribution in [0.3, 0.4) is 0 Å². The fraction of sp³-hybridized carbons (Fsp3) is 0.0968. The van der Waals surface area contributed by atoms with Crippen molar-refractivity contribution >= 4 is 15.9 Å². The van der Waals surface area contributed by atoms with Crippen LogP contribution >= 0.6 is 15.9 Å². The predicted molar refractivity (Wildman–Crippen MR) is 144 cm³/mol. The number of hydrogen-bond donors (Lipinski definition) is 0. The van der Waals surface area contributed by atoms with Gasteiger partial charge in [-0.2, -0.15) is 0 Å². The molecule has 1 aromatic heterocycles. The van der Waals surface area contributed by atoms with E-state index in [-0.39, 0.29) is 5.41 Å². The van der Waals surface area contributed by atoms with Crippen LogP contribution in [0.25, 0.3) is 45.0 Å². The molecular weight excluding hydrogens is 480 g/mol. The lowest BCUT2D eigenvalue weighted by molar-refractivity contribution is 0.660. The van der Waals surface area contributed by atoms with E-state index in [1.54, 1.807) is 0 Å². The number of aromatic nitrogens is 2. The summed E-state index contributed by atoms with van der Waals surface area (Å²) in [7, 11) is 0. The first-order chi connectivity index (χ1) is 16.5. The second-order valence-corrected chi connectivity index (χ2v) is 10.2. The smallest absolute Gasteiger partial charge is 0.160 e. The zero-order chi connectivity index (χ0) is 23.3. The van der Waals surface area contributed by atoms with Gasteiger partial charge in [0.25, 0.3) is 0 Å². The molecular formula is C31H23BrN2. The third-order valence-corrected chi connectivity index (χ3v) is 7.31. The number of fused-ring (bicyclic) bond motifs is 3. The Labute approximate surface area is 208 Å². The Balaban J connectivity index is 1.55. The molecule has 0 atom stereocenters. The fourth-order valence-electron chi connectivity index (χ4n) is 4.96. The summed E-state index contributed by atoms with van der Waals surface area (Å²) in [5.41, 5.74) is 10.4. The van der Waals surface area contributed by atoms with E-state index in [0.29, 0.717) is 0 Å². The minimum Gasteiger partial charge on any atom is -0.228 e. The van der Waals surface area contributed by atoms with Gasteiger partial charge in [-0.3, -0.25) is 0 Å². The van der Waals surface area contributed by atoms with E-state index in [1.165, 1.54) is 22.3 Å². The minimum absolute atomic E-state index is 0.00604. The van der Waals surface area contributed by atoms with Gasteiger partial charge >= 0.3 is 0 Å². The summed E-state index contributed by atoms with van der Waals surface area (Å²) in [6, 6.07) is 36.1. The van der Waals surface area contributed by atoms with Crippen LogP contribution in [-0.4, -0.2) is 9.97 Å². The summed E-state index contributed by atoms with van der Waals surface area (Å²) in [6.07, 6.45) is 0. The lowest BCUT2D eigenvalue weighted by atomic mass is 9.82. The molecule has 34 heavy (non-hydrogen) atoms. The summed E-state index contributed by atoms with van der Waals surface area (Å²) in [5.74, 6) is 0.734. The van der Waals surface area contributed by atoms with E-state index in [2.05, 4.69) is 103 Å². The van der Waals surface area contributed by atoms with Crippen LogP contribution in [0.4, 0.5) is 0 Å². The van der Waals surface area contributed by atoms with Crippen molar-refractivity contribution in [2.45, 2.75) is 19.3 Å². The second-order valence-electron chi connectivity index (χ2n) is 9.27. The largest absolute Gasteiger partial charge is 0.228 e. The van der Waals surface area contributed by atoms with Crippen LogP contribution in [0.2, 0.25) is 0 Å². The molecule has 6 rings (SSSR count). The highest BCUT2D eigenvalue weighted by molar-refractivity contribution is 9.10. The van der Waals surface area contributed by atoms with E-state index in [9.17, 15) is 0 Å². The number of nitrogens with zero attached hydrogens (tertiary/aromatic N) is 2. The maximum atomic E-state index is 5.01. The van der Waals surface area contributed by atoms with Crippen LogP contribution in [0.1, 0.15) is 25.0 Å². The predicted octanol–water partition coefficient (Wildman–Crippen LogP) is 8.55. The van der Waals surface area contributed by atoms with Crippen LogP contribution in [0.5, 0.6) is 0 Å². The molecule has 2 nitrogen and oxygen atoms in total. The standard InChI is InChI=1S/C31H23BrN2/c1-31(2)26-11-7-6-10-24(26)25-18-22(14-17-27(25)31)29-19-28(20-12-15-23(32)16-13-20)33-30(34-29)21-8-4-3-5-9-21/h3-19H,1-2H3. The Morgan fingerprint density at radius 3 is 1.94 bits per heavy atom. The maximum absolute atomic E-state index is 5.01. The Morgan fingerprint density at radius 2 is 1.18 bits per heavy atom. The molecule has 1 aliphatic rings. The van der Waals surface area contributed by atoms with E-state index < -0.39 is 0 Å². The van der Waals surface area contributed by atoms with E-state index in [4.69, 9.17) is 9.97 Å². The molecule has 5 aromatic rings. The molecule has 0 saturated carbocycles. The number of benzene rings is 4. The van der Waals surface area contributed by atoms with Gasteiger partial charge in [0.15, 0.2) is 5.82 Å². The third kappa shape index (κ3) is 3.48. The summed E-state index contributed by atoms with van der Waals surface area (Å²) in [6.45, 7) is 4.61. The summed E-state index contributed by atoms with van der Waals surface area (Å²) < 4.78 is 1.05. The van der Waals surface area contributed by atoms with Crippen molar-refractivity contribution in [2.24, 2.45) is 0 Å². The first-order valence-electron chi connectivity index (χ1n) is 11.5. The van der Waals surface area contributed by atoms with Crippen molar-refractivity contribution in [2.75, 3.05) is 0 Å². The SMILES string of the molecule is CC1(C)c2ccccc2-c2cc(-c3cc(-c4ccc(Br)cc4)nc(-c4ccccc4)n3)ccc21. The van der Waals surface area contributed by atoms with Crippen molar-refractivity contribution in [3.8, 4) is 45.0 Å². The van der Waals surface area contributed by atoms with Crippen LogP contribution in [-0.2, 0) is 5.41 Å². The van der Waals surface area contributed by atoms with Gasteiger partial charge in [-0.25, -0.2) is 9.97 Å². The summed E-state index contributed by atoms with van der Waals surface area (Å²) >= 11 is 3.54. The lowest BCUT2D eigenvalue weighted by Gasteiger charge is -2.21. The van der Waals surface area contributed by atoms with E-state index in [1.807, 2.05) is 30.3 Å². The molecule has 0 bridgehead atoms. The second kappa shape index (κ2) is 8.03. The Kier molecular flexibility index (Phi) is 4.96. The summed E-state index contributed by atoms with van der Waals surface area (Å²) in [5, 5.41) is 0. The molecule has 4 aromatic carbocycles. The Hall–Kier alpha value is -3.56. The Bertz CT molecular complexity index is 1520. The van der Waals surface area contributed by atoms with Crippen molar-refractivity contribution in [1.29, 1.82) is 0 Å². The van der Waals surface area contributed by atoms with E-state index >= 15 is 0 Å². The van der Waals surface area contributed by atoms with E-state index in [0.717, 1.165) is 38.4 Å². The highest BCUT2D eigenvalue weighted by Crippen LogP contribution is 2.49. The number of rotatable bonds is 3. The monoisotopic (exact) mass is 502 g/mol. The van der Waals surface area contributed by atoms with Crippen molar-refractivity contribution < 1.29 is 0 Å². The van der Waals surface area contributed by atoms with Crippen LogP contribution < -0.4 is 0 Å². The molecule has 0 N–H and O–H groups in total. The zero-order valence-electron chi connectivity index (χ0n) is 19.1. The zero-order valence-corrected chi connectivity index (χ0v) is 20.7. The van der Waals surface area contributed by atoms with Gasteiger partial charge in [-0.05, 0) is 46.5 Å². The van der Waals surface area contributed by atoms with Gasteiger partial charge in [0, 0.05) is 26.6 Å². The molecule has 164 valence electrons.